The number of hydrogen-bond donors (Lipinski definition) is 2. The van der Waals surface area contributed by atoms with Gasteiger partial charge in [-0.05, 0) is 40.8 Å². The van der Waals surface area contributed by atoms with Crippen molar-refractivity contribution in [3.8, 4) is 28.2 Å². The van der Waals surface area contributed by atoms with E-state index in [1.807, 2.05) is 13.8 Å². The molecule has 0 saturated carbocycles. The molecule has 204 valence electrons. The second-order valence-electron chi connectivity index (χ2n) is 9.23. The summed E-state index contributed by atoms with van der Waals surface area (Å²) >= 11 is 12.7. The molecule has 2 aromatic carbocycles. The average Bonchev–Trinajstić information content (AvgIpc) is 3.59. The van der Waals surface area contributed by atoms with Gasteiger partial charge in [0.2, 0.25) is 0 Å². The molecule has 0 aliphatic carbocycles. The Hall–Kier alpha value is -4.55. The van der Waals surface area contributed by atoms with Gasteiger partial charge in [0, 0.05) is 40.9 Å². The number of carboxylic acid groups (broad SMARTS) is 1. The molecule has 3 aromatic heterocycles. The van der Waals surface area contributed by atoms with Crippen molar-refractivity contribution in [1.29, 1.82) is 0 Å². The maximum Gasteiger partial charge on any atom is 0.411 e. The van der Waals surface area contributed by atoms with E-state index in [9.17, 15) is 14.7 Å². The SMILES string of the molecule is CC(C)c1nc(-c2cc(Cl)ccc2-n2cnnn2)cc(=O)n1Cc1nc(Cl)c(-c2ccc(N(C)C(=O)O)cc2)[nH]1. The number of amides is 1. The number of nitrogens with zero attached hydrogens (tertiary/aromatic N) is 8. The summed E-state index contributed by atoms with van der Waals surface area (Å²) in [5.41, 5.74) is 3.15. The maximum absolute atomic E-state index is 13.5. The van der Waals surface area contributed by atoms with Gasteiger partial charge in [0.15, 0.2) is 5.15 Å². The summed E-state index contributed by atoms with van der Waals surface area (Å²) in [7, 11) is 1.46. The van der Waals surface area contributed by atoms with E-state index in [-0.39, 0.29) is 23.2 Å². The van der Waals surface area contributed by atoms with Crippen LogP contribution < -0.4 is 10.5 Å². The Bertz CT molecular complexity index is 1750. The molecule has 5 rings (SSSR count). The summed E-state index contributed by atoms with van der Waals surface area (Å²) in [5, 5.41) is 21.2. The van der Waals surface area contributed by atoms with E-state index in [0.29, 0.717) is 50.6 Å². The third-order valence-corrected chi connectivity index (χ3v) is 6.74. The summed E-state index contributed by atoms with van der Waals surface area (Å²) in [6, 6.07) is 13.5. The second-order valence-corrected chi connectivity index (χ2v) is 10.0. The lowest BCUT2D eigenvalue weighted by Crippen LogP contribution is -2.26. The van der Waals surface area contributed by atoms with Crippen molar-refractivity contribution in [3.05, 3.63) is 87.0 Å². The molecular weight excluding hydrogens is 557 g/mol. The first kappa shape index (κ1) is 27.0. The minimum absolute atomic E-state index is 0.105. The first-order valence-corrected chi connectivity index (χ1v) is 12.8. The van der Waals surface area contributed by atoms with Crippen LogP contribution in [-0.4, -0.2) is 58.0 Å². The highest BCUT2D eigenvalue weighted by Gasteiger charge is 2.19. The van der Waals surface area contributed by atoms with Crippen LogP contribution in [0.25, 0.3) is 28.2 Å². The van der Waals surface area contributed by atoms with Crippen LogP contribution in [0.4, 0.5) is 10.5 Å². The van der Waals surface area contributed by atoms with Crippen molar-refractivity contribution in [1.82, 2.24) is 39.7 Å². The molecule has 0 aliphatic heterocycles. The van der Waals surface area contributed by atoms with Gasteiger partial charge in [0.25, 0.3) is 5.56 Å². The van der Waals surface area contributed by atoms with Crippen molar-refractivity contribution in [2.45, 2.75) is 26.3 Å². The number of tetrazole rings is 1. The first-order chi connectivity index (χ1) is 19.1. The lowest BCUT2D eigenvalue weighted by Gasteiger charge is -2.16. The molecule has 5 aromatic rings. The normalized spacial score (nSPS) is 11.2. The predicted molar refractivity (Wildman–Crippen MR) is 150 cm³/mol. The van der Waals surface area contributed by atoms with Crippen LogP contribution in [-0.2, 0) is 6.54 Å². The maximum atomic E-state index is 13.5. The van der Waals surface area contributed by atoms with Crippen LogP contribution in [0.5, 0.6) is 0 Å². The Morgan fingerprint density at radius 1 is 1.10 bits per heavy atom. The molecule has 0 bridgehead atoms. The minimum atomic E-state index is -1.07. The van der Waals surface area contributed by atoms with Crippen LogP contribution in [0, 0.1) is 0 Å². The second kappa shape index (κ2) is 10.9. The molecule has 0 radical (unpaired) electrons. The van der Waals surface area contributed by atoms with Crippen LogP contribution >= 0.6 is 23.2 Å². The zero-order chi connectivity index (χ0) is 28.6. The van der Waals surface area contributed by atoms with Gasteiger partial charge in [-0.25, -0.2) is 14.8 Å². The van der Waals surface area contributed by atoms with E-state index >= 15 is 0 Å². The van der Waals surface area contributed by atoms with E-state index in [2.05, 4.69) is 25.5 Å². The third kappa shape index (κ3) is 5.31. The van der Waals surface area contributed by atoms with Crippen LogP contribution in [0.15, 0.2) is 59.7 Å². The largest absolute Gasteiger partial charge is 0.465 e. The molecule has 0 aliphatic rings. The first-order valence-electron chi connectivity index (χ1n) is 12.1. The Labute approximate surface area is 237 Å². The summed E-state index contributed by atoms with van der Waals surface area (Å²) in [6.45, 7) is 3.99. The summed E-state index contributed by atoms with van der Waals surface area (Å²) in [6.07, 6.45) is 0.385. The highest BCUT2D eigenvalue weighted by Crippen LogP contribution is 2.30. The van der Waals surface area contributed by atoms with E-state index in [0.717, 1.165) is 4.90 Å². The molecule has 3 heterocycles. The summed E-state index contributed by atoms with van der Waals surface area (Å²) in [5.74, 6) is 0.898. The van der Waals surface area contributed by atoms with Gasteiger partial charge in [0.1, 0.15) is 18.0 Å². The molecular formula is C26H23Cl2N9O3. The number of aromatic nitrogens is 8. The molecule has 0 spiro atoms. The fourth-order valence-corrected chi connectivity index (χ4v) is 4.65. The van der Waals surface area contributed by atoms with Gasteiger partial charge in [-0.1, -0.05) is 49.2 Å². The lowest BCUT2D eigenvalue weighted by molar-refractivity contribution is 0.203. The van der Waals surface area contributed by atoms with Crippen molar-refractivity contribution in [2.24, 2.45) is 0 Å². The van der Waals surface area contributed by atoms with Crippen LogP contribution in [0.1, 0.15) is 31.4 Å². The van der Waals surface area contributed by atoms with Crippen molar-refractivity contribution < 1.29 is 9.90 Å². The van der Waals surface area contributed by atoms with Gasteiger partial charge < -0.3 is 10.1 Å². The quantitative estimate of drug-likeness (QED) is 0.277. The van der Waals surface area contributed by atoms with E-state index < -0.39 is 6.09 Å². The van der Waals surface area contributed by atoms with E-state index in [1.165, 1.54) is 24.1 Å². The number of benzene rings is 2. The van der Waals surface area contributed by atoms with Crippen molar-refractivity contribution in [2.75, 3.05) is 11.9 Å². The fraction of sp³-hybridized carbons (Fsp3) is 0.192. The average molecular weight is 580 g/mol. The van der Waals surface area contributed by atoms with Crippen LogP contribution in [0.2, 0.25) is 10.2 Å². The number of aromatic amines is 1. The number of carbonyl (C=O) groups is 1. The van der Waals surface area contributed by atoms with Gasteiger partial charge in [-0.15, -0.1) is 5.10 Å². The molecule has 12 nitrogen and oxygen atoms in total. The standard InChI is InChI=1S/C26H23Cl2N9O3/c1-14(2)25-30-19(18-10-16(27)6-9-20(18)37-13-29-33-34-37)11-22(38)36(25)12-21-31-23(24(28)32-21)15-4-7-17(8-5-15)35(3)26(39)40/h4-11,13-14H,12H2,1-3H3,(H,31,32)(H,39,40). The van der Waals surface area contributed by atoms with Crippen molar-refractivity contribution >= 4 is 35.0 Å². The van der Waals surface area contributed by atoms with Gasteiger partial charge in [-0.2, -0.15) is 4.68 Å². The predicted octanol–water partition coefficient (Wildman–Crippen LogP) is 4.87. The van der Waals surface area contributed by atoms with Crippen LogP contribution in [0.3, 0.4) is 0 Å². The zero-order valence-electron chi connectivity index (χ0n) is 21.6. The van der Waals surface area contributed by atoms with Crippen molar-refractivity contribution in [3.63, 3.8) is 0 Å². The van der Waals surface area contributed by atoms with E-state index in [4.69, 9.17) is 28.2 Å². The number of halogens is 2. The molecule has 1 amide bonds. The smallest absolute Gasteiger partial charge is 0.411 e. The highest BCUT2D eigenvalue weighted by molar-refractivity contribution is 6.32. The third-order valence-electron chi connectivity index (χ3n) is 6.23. The van der Waals surface area contributed by atoms with E-state index in [1.54, 1.807) is 47.0 Å². The highest BCUT2D eigenvalue weighted by atomic mass is 35.5. The number of H-pyrrole nitrogens is 1. The summed E-state index contributed by atoms with van der Waals surface area (Å²) in [4.78, 5) is 38.2. The molecule has 40 heavy (non-hydrogen) atoms. The molecule has 0 atom stereocenters. The Balaban J connectivity index is 1.50. The molecule has 0 fully saturated rings. The molecule has 2 N–H and O–H groups in total. The number of hydrogen-bond acceptors (Lipinski definition) is 7. The fourth-order valence-electron chi connectivity index (χ4n) is 4.22. The number of rotatable bonds is 7. The number of anilines is 1. The van der Waals surface area contributed by atoms with Gasteiger partial charge in [-0.3, -0.25) is 14.3 Å². The topological polar surface area (TPSA) is 148 Å². The Morgan fingerprint density at radius 3 is 2.50 bits per heavy atom. The number of imidazole rings is 1. The molecule has 0 unspecified atom stereocenters. The van der Waals surface area contributed by atoms with Gasteiger partial charge >= 0.3 is 6.09 Å². The Morgan fingerprint density at radius 2 is 1.85 bits per heavy atom. The monoisotopic (exact) mass is 579 g/mol. The lowest BCUT2D eigenvalue weighted by atomic mass is 10.1. The zero-order valence-corrected chi connectivity index (χ0v) is 23.1. The number of nitrogens with one attached hydrogen (secondary N) is 1. The molecule has 14 heteroatoms. The van der Waals surface area contributed by atoms with Gasteiger partial charge in [0.05, 0.1) is 23.6 Å². The molecule has 0 saturated heterocycles. The summed E-state index contributed by atoms with van der Waals surface area (Å²) < 4.78 is 3.02. The Kier molecular flexibility index (Phi) is 7.37. The minimum Gasteiger partial charge on any atom is -0.465 e.